The van der Waals surface area contributed by atoms with Crippen molar-refractivity contribution in [1.29, 1.82) is 0 Å². The molecule has 0 aliphatic rings. The highest BCUT2D eigenvalue weighted by Crippen LogP contribution is 2.24. The minimum atomic E-state index is -1.59. The van der Waals surface area contributed by atoms with Crippen LogP contribution in [0.15, 0.2) is 71.1 Å². The van der Waals surface area contributed by atoms with Gasteiger partial charge in [-0.3, -0.25) is 10.1 Å². The van der Waals surface area contributed by atoms with E-state index in [2.05, 4.69) is 27.5 Å². The van der Waals surface area contributed by atoms with E-state index >= 15 is 0 Å². The van der Waals surface area contributed by atoms with Crippen LogP contribution in [0.2, 0.25) is 0 Å². The van der Waals surface area contributed by atoms with Gasteiger partial charge in [-0.05, 0) is 54.8 Å². The highest BCUT2D eigenvalue weighted by Gasteiger charge is 2.21. The fourth-order valence-corrected chi connectivity index (χ4v) is 3.83. The van der Waals surface area contributed by atoms with E-state index in [0.717, 1.165) is 19.3 Å². The minimum absolute atomic E-state index is 0.0452. The maximum Gasteiger partial charge on any atom is 0.512 e. The second-order valence-electron chi connectivity index (χ2n) is 8.75. The van der Waals surface area contributed by atoms with Gasteiger partial charge in [-0.1, -0.05) is 43.7 Å². The van der Waals surface area contributed by atoms with Gasteiger partial charge in [0.25, 0.3) is 11.8 Å². The summed E-state index contributed by atoms with van der Waals surface area (Å²) in [6.07, 6.45) is 1.64. The number of imidazole rings is 1. The van der Waals surface area contributed by atoms with Crippen LogP contribution in [-0.4, -0.2) is 40.2 Å². The molecule has 2 aromatic carbocycles. The van der Waals surface area contributed by atoms with E-state index in [1.165, 1.54) is 10.5 Å². The zero-order chi connectivity index (χ0) is 27.8. The first-order chi connectivity index (χ1) is 18.8. The van der Waals surface area contributed by atoms with Gasteiger partial charge in [-0.2, -0.15) is 4.98 Å². The molecule has 4 aromatic rings. The summed E-state index contributed by atoms with van der Waals surface area (Å²) in [4.78, 5) is 45.0. The number of H-pyrrole nitrogens is 1. The number of ether oxygens (including phenoxy) is 1. The van der Waals surface area contributed by atoms with E-state index in [-0.39, 0.29) is 35.6 Å². The van der Waals surface area contributed by atoms with E-state index in [0.29, 0.717) is 17.1 Å². The average Bonchev–Trinajstić information content (AvgIpc) is 3.54. The van der Waals surface area contributed by atoms with Crippen molar-refractivity contribution in [2.45, 2.75) is 32.6 Å². The van der Waals surface area contributed by atoms with Crippen LogP contribution in [0.1, 0.15) is 47.5 Å². The molecule has 0 atom stereocenters. The number of hydrogen-bond acceptors (Lipinski definition) is 6. The number of aromatic nitrogens is 2. The number of unbranched alkanes of at least 4 members (excludes halogenated alkanes) is 1. The summed E-state index contributed by atoms with van der Waals surface area (Å²) in [6, 6.07) is 19.2. The maximum atomic E-state index is 12.8. The van der Waals surface area contributed by atoms with Crippen LogP contribution >= 0.6 is 0 Å². The minimum Gasteiger partial charge on any atom is -0.455 e. The smallest absolute Gasteiger partial charge is 0.455 e. The van der Waals surface area contributed by atoms with E-state index in [4.69, 9.17) is 14.3 Å². The Morgan fingerprint density at radius 3 is 2.46 bits per heavy atom. The van der Waals surface area contributed by atoms with E-state index < -0.39 is 12.2 Å². The van der Waals surface area contributed by atoms with Crippen LogP contribution in [0.5, 0.6) is 5.88 Å². The Balaban J connectivity index is 1.42. The number of aryl methyl sites for hydroxylation is 1. The summed E-state index contributed by atoms with van der Waals surface area (Å²) in [5, 5.41) is 14.3. The van der Waals surface area contributed by atoms with Crippen LogP contribution in [0.3, 0.4) is 0 Å². The zero-order valence-corrected chi connectivity index (χ0v) is 21.6. The third-order valence-electron chi connectivity index (χ3n) is 5.84. The monoisotopic (exact) mass is 531 g/mol. The molecule has 39 heavy (non-hydrogen) atoms. The number of hydrogen-bond donors (Lipinski definition) is 4. The predicted molar refractivity (Wildman–Crippen MR) is 146 cm³/mol. The topological polar surface area (TPSA) is 150 Å². The van der Waals surface area contributed by atoms with Gasteiger partial charge in [0.2, 0.25) is 0 Å². The summed E-state index contributed by atoms with van der Waals surface area (Å²) in [5.41, 5.74) is 2.46. The fourth-order valence-electron chi connectivity index (χ4n) is 3.83. The summed E-state index contributed by atoms with van der Waals surface area (Å²) < 4.78 is 10.4. The molecule has 2 aromatic heterocycles. The number of nitrogens with one attached hydrogen (secondary N) is 3. The first-order valence-electron chi connectivity index (χ1n) is 12.4. The molecule has 0 aliphatic heterocycles. The number of anilines is 3. The molecule has 0 spiro atoms. The fraction of sp³-hybridized carbons (Fsp3) is 0.214. The number of carbonyl (C=O) groups excluding carboxylic acids is 2. The molecule has 0 fully saturated rings. The molecule has 0 saturated heterocycles. The van der Waals surface area contributed by atoms with Crippen molar-refractivity contribution >= 4 is 35.3 Å². The maximum absolute atomic E-state index is 12.8. The van der Waals surface area contributed by atoms with Crippen molar-refractivity contribution in [2.24, 2.45) is 0 Å². The number of nitrogens with zero attached hydrogens (tertiary/aromatic N) is 2. The molecule has 4 N–H and O–H groups in total. The molecule has 2 heterocycles. The third-order valence-corrected chi connectivity index (χ3v) is 5.84. The number of urea groups is 1. The molecule has 4 rings (SSSR count). The van der Waals surface area contributed by atoms with Gasteiger partial charge in [-0.25, -0.2) is 9.59 Å². The summed E-state index contributed by atoms with van der Waals surface area (Å²) in [6.45, 7) is 2.13. The van der Waals surface area contributed by atoms with Crippen LogP contribution < -0.4 is 20.3 Å². The van der Waals surface area contributed by atoms with Crippen LogP contribution in [0.4, 0.5) is 26.8 Å². The summed E-state index contributed by atoms with van der Waals surface area (Å²) in [7, 11) is 1.64. The van der Waals surface area contributed by atoms with Crippen molar-refractivity contribution in [3.8, 4) is 5.88 Å². The van der Waals surface area contributed by atoms with Gasteiger partial charge < -0.3 is 29.5 Å². The van der Waals surface area contributed by atoms with E-state index in [1.807, 2.05) is 42.5 Å². The largest absolute Gasteiger partial charge is 0.512 e. The molecule has 0 aliphatic carbocycles. The van der Waals surface area contributed by atoms with Crippen molar-refractivity contribution in [1.82, 2.24) is 9.97 Å². The Bertz CT molecular complexity index is 1430. The van der Waals surface area contributed by atoms with Gasteiger partial charge in [-0.15, -0.1) is 0 Å². The molecule has 3 amide bonds. The van der Waals surface area contributed by atoms with Crippen molar-refractivity contribution in [3.63, 3.8) is 0 Å². The second kappa shape index (κ2) is 12.5. The van der Waals surface area contributed by atoms with Crippen LogP contribution in [-0.2, 0) is 12.8 Å². The number of carboxylic acid groups (broad SMARTS) is 1. The number of benzene rings is 2. The third kappa shape index (κ3) is 7.25. The van der Waals surface area contributed by atoms with Gasteiger partial charge in [0.05, 0.1) is 6.42 Å². The zero-order valence-electron chi connectivity index (χ0n) is 21.6. The number of para-hydroxylation sites is 1. The number of furan rings is 1. The molecule has 0 unspecified atom stereocenters. The molecule has 0 radical (unpaired) electrons. The van der Waals surface area contributed by atoms with E-state index in [9.17, 15) is 14.4 Å². The highest BCUT2D eigenvalue weighted by molar-refractivity contribution is 6.03. The molecule has 0 bridgehead atoms. The first-order valence-corrected chi connectivity index (χ1v) is 12.4. The molecule has 0 saturated carbocycles. The Morgan fingerprint density at radius 1 is 1.03 bits per heavy atom. The van der Waals surface area contributed by atoms with Gasteiger partial charge in [0.1, 0.15) is 11.6 Å². The Kier molecular flexibility index (Phi) is 8.62. The normalized spacial score (nSPS) is 10.6. The quantitative estimate of drug-likeness (QED) is 0.186. The SMILES string of the molecule is CCCCc1ccc(NC(=O)Nc2[nH]c(Cc3ccc(C(=O)N(C)c4ccccc4)o3)nc2OC(=O)O)cc1. The standard InChI is InChI=1S/C28H29N5O6/c1-3-4-8-18-11-13-19(14-12-18)29-27(35)32-24-25(39-28(36)37)31-23(30-24)17-21-15-16-22(38-21)26(34)33(2)20-9-6-5-7-10-20/h5-7,9-16H,3-4,8,17H2,1-2H3,(H,30,31)(H,36,37)(H2,29,32,35). The second-order valence-corrected chi connectivity index (χ2v) is 8.75. The average molecular weight is 532 g/mol. The van der Waals surface area contributed by atoms with E-state index in [1.54, 1.807) is 31.3 Å². The lowest BCUT2D eigenvalue weighted by molar-refractivity contribution is 0.0964. The number of rotatable bonds is 10. The lowest BCUT2D eigenvalue weighted by Crippen LogP contribution is -2.25. The van der Waals surface area contributed by atoms with Crippen LogP contribution in [0, 0.1) is 0 Å². The summed E-state index contributed by atoms with van der Waals surface area (Å²) >= 11 is 0. The van der Waals surface area contributed by atoms with Crippen molar-refractivity contribution in [2.75, 3.05) is 22.6 Å². The number of amides is 3. The molecular weight excluding hydrogens is 502 g/mol. The van der Waals surface area contributed by atoms with Crippen LogP contribution in [0.25, 0.3) is 0 Å². The molecular formula is C28H29N5O6. The van der Waals surface area contributed by atoms with Gasteiger partial charge >= 0.3 is 12.2 Å². The van der Waals surface area contributed by atoms with Crippen molar-refractivity contribution < 1.29 is 28.6 Å². The molecule has 11 heteroatoms. The summed E-state index contributed by atoms with van der Waals surface area (Å²) in [5.74, 6) is 0.0779. The Hall–Kier alpha value is -5.06. The number of carbonyl (C=O) groups is 3. The Labute approximate surface area is 224 Å². The number of aromatic amines is 1. The molecule has 11 nitrogen and oxygen atoms in total. The van der Waals surface area contributed by atoms with Crippen molar-refractivity contribution in [3.05, 3.63) is 89.6 Å². The predicted octanol–water partition coefficient (Wildman–Crippen LogP) is 5.91. The highest BCUT2D eigenvalue weighted by atomic mass is 16.7. The Morgan fingerprint density at radius 2 is 1.77 bits per heavy atom. The first kappa shape index (κ1) is 27.0. The lowest BCUT2D eigenvalue weighted by atomic mass is 10.1. The lowest BCUT2D eigenvalue weighted by Gasteiger charge is -2.15. The molecule has 202 valence electrons. The van der Waals surface area contributed by atoms with Gasteiger partial charge in [0, 0.05) is 18.4 Å². The van der Waals surface area contributed by atoms with Gasteiger partial charge in [0.15, 0.2) is 11.6 Å².